The fourth-order valence-corrected chi connectivity index (χ4v) is 2.39. The average molecular weight is 287 g/mol. The monoisotopic (exact) mass is 287 g/mol. The smallest absolute Gasteiger partial charge is 0.339 e. The van der Waals surface area contributed by atoms with E-state index >= 15 is 0 Å². The first-order chi connectivity index (χ1) is 9.45. The second-order valence-corrected chi connectivity index (χ2v) is 4.72. The highest BCUT2D eigenvalue weighted by molar-refractivity contribution is 6.00. The molecule has 110 valence electrons. The van der Waals surface area contributed by atoms with Crippen LogP contribution >= 0.6 is 0 Å². The number of piperidine rings is 1. The lowest BCUT2D eigenvalue weighted by Crippen LogP contribution is -2.36. The van der Waals surface area contributed by atoms with E-state index in [0.717, 1.165) is 25.3 Å². The average Bonchev–Trinajstić information content (AvgIpc) is 2.45. The number of likely N-dealkylation sites (tertiary alicyclic amines) is 1. The van der Waals surface area contributed by atoms with E-state index in [1.165, 1.54) is 12.1 Å². The van der Waals surface area contributed by atoms with E-state index in [2.05, 4.69) is 0 Å². The maximum absolute atomic E-state index is 12.9. The minimum absolute atomic E-state index is 0.0378. The van der Waals surface area contributed by atoms with Gasteiger partial charge in [0.2, 0.25) is 0 Å². The molecule has 0 atom stereocenters. The van der Waals surface area contributed by atoms with Crippen molar-refractivity contribution in [2.24, 2.45) is 5.84 Å². The van der Waals surface area contributed by atoms with Crippen molar-refractivity contribution in [2.45, 2.75) is 25.4 Å². The van der Waals surface area contributed by atoms with Crippen LogP contribution in [-0.2, 0) is 6.18 Å². The third-order valence-corrected chi connectivity index (χ3v) is 3.39. The fraction of sp³-hybridized carbons (Fsp3) is 0.462. The van der Waals surface area contributed by atoms with Crippen molar-refractivity contribution in [3.8, 4) is 0 Å². The second-order valence-electron chi connectivity index (χ2n) is 4.72. The summed E-state index contributed by atoms with van der Waals surface area (Å²) in [5.74, 6) is 4.78. The van der Waals surface area contributed by atoms with Crippen molar-refractivity contribution >= 4 is 11.6 Å². The second kappa shape index (κ2) is 5.70. The van der Waals surface area contributed by atoms with Crippen LogP contribution in [0.4, 0.5) is 18.9 Å². The van der Waals surface area contributed by atoms with Crippen molar-refractivity contribution in [1.29, 1.82) is 0 Å². The summed E-state index contributed by atoms with van der Waals surface area (Å²) in [6.07, 6.45) is -1.78. The topological polar surface area (TPSA) is 58.4 Å². The summed E-state index contributed by atoms with van der Waals surface area (Å²) < 4.78 is 38.7. The lowest BCUT2D eigenvalue weighted by Gasteiger charge is -2.28. The SMILES string of the molecule is NNc1c(C(=O)N2CCCCC2)cccc1C(F)(F)F. The summed E-state index contributed by atoms with van der Waals surface area (Å²) in [4.78, 5) is 13.9. The van der Waals surface area contributed by atoms with Gasteiger partial charge in [0, 0.05) is 13.1 Å². The third kappa shape index (κ3) is 2.87. The number of para-hydroxylation sites is 1. The minimum atomic E-state index is -4.56. The number of hydrazine groups is 1. The summed E-state index contributed by atoms with van der Waals surface area (Å²) in [6, 6.07) is 3.49. The number of nitrogens with two attached hydrogens (primary N) is 1. The molecule has 0 aromatic heterocycles. The van der Waals surface area contributed by atoms with Crippen LogP contribution in [-0.4, -0.2) is 23.9 Å². The van der Waals surface area contributed by atoms with Gasteiger partial charge in [0.05, 0.1) is 16.8 Å². The highest BCUT2D eigenvalue weighted by Gasteiger charge is 2.35. The van der Waals surface area contributed by atoms with Crippen molar-refractivity contribution in [3.05, 3.63) is 29.3 Å². The van der Waals surface area contributed by atoms with Gasteiger partial charge in [-0.1, -0.05) is 6.07 Å². The molecular formula is C13H16F3N3O. The van der Waals surface area contributed by atoms with Gasteiger partial charge in [-0.25, -0.2) is 0 Å². The maximum atomic E-state index is 12.9. The molecule has 0 saturated carbocycles. The molecule has 3 N–H and O–H groups in total. The van der Waals surface area contributed by atoms with Crippen molar-refractivity contribution in [3.63, 3.8) is 0 Å². The Hall–Kier alpha value is -1.76. The number of benzene rings is 1. The quantitative estimate of drug-likeness (QED) is 0.649. The Balaban J connectivity index is 2.38. The van der Waals surface area contributed by atoms with Gasteiger partial charge >= 0.3 is 6.18 Å². The highest BCUT2D eigenvalue weighted by Crippen LogP contribution is 2.36. The van der Waals surface area contributed by atoms with Gasteiger partial charge in [0.15, 0.2) is 0 Å². The van der Waals surface area contributed by atoms with Gasteiger partial charge in [-0.05, 0) is 31.4 Å². The summed E-state index contributed by atoms with van der Waals surface area (Å²) in [5, 5.41) is 0. The first-order valence-corrected chi connectivity index (χ1v) is 6.41. The van der Waals surface area contributed by atoms with Gasteiger partial charge in [-0.15, -0.1) is 0 Å². The fourth-order valence-electron chi connectivity index (χ4n) is 2.39. The van der Waals surface area contributed by atoms with Crippen molar-refractivity contribution in [1.82, 2.24) is 4.90 Å². The number of carbonyl (C=O) groups is 1. The van der Waals surface area contributed by atoms with E-state index in [1.54, 1.807) is 4.90 Å². The van der Waals surface area contributed by atoms with Gasteiger partial charge in [-0.3, -0.25) is 10.6 Å². The Labute approximate surface area is 114 Å². The molecule has 1 aliphatic heterocycles. The molecule has 7 heteroatoms. The zero-order chi connectivity index (χ0) is 14.8. The number of halogens is 3. The van der Waals surface area contributed by atoms with E-state index in [1.807, 2.05) is 5.43 Å². The molecule has 2 rings (SSSR count). The molecule has 0 aliphatic carbocycles. The number of anilines is 1. The lowest BCUT2D eigenvalue weighted by atomic mass is 10.0. The zero-order valence-electron chi connectivity index (χ0n) is 10.8. The maximum Gasteiger partial charge on any atom is 0.418 e. The Morgan fingerprint density at radius 3 is 2.40 bits per heavy atom. The van der Waals surface area contributed by atoms with Gasteiger partial charge in [0.25, 0.3) is 5.91 Å². The molecule has 0 bridgehead atoms. The molecular weight excluding hydrogens is 271 g/mol. The van der Waals surface area contributed by atoms with Crippen LogP contribution in [0.15, 0.2) is 18.2 Å². The van der Waals surface area contributed by atoms with E-state index in [9.17, 15) is 18.0 Å². The zero-order valence-corrected chi connectivity index (χ0v) is 10.8. The van der Waals surface area contributed by atoms with Gasteiger partial charge in [0.1, 0.15) is 0 Å². The number of carbonyl (C=O) groups excluding carboxylic acids is 1. The number of hydrogen-bond acceptors (Lipinski definition) is 3. The Kier molecular flexibility index (Phi) is 4.17. The summed E-state index contributed by atoms with van der Waals surface area (Å²) >= 11 is 0. The Morgan fingerprint density at radius 1 is 1.20 bits per heavy atom. The molecule has 0 radical (unpaired) electrons. The first kappa shape index (κ1) is 14.6. The van der Waals surface area contributed by atoms with Crippen LogP contribution in [0.5, 0.6) is 0 Å². The molecule has 4 nitrogen and oxygen atoms in total. The van der Waals surface area contributed by atoms with E-state index < -0.39 is 17.6 Å². The number of hydrogen-bond donors (Lipinski definition) is 2. The lowest BCUT2D eigenvalue weighted by molar-refractivity contribution is -0.137. The normalized spacial score (nSPS) is 16.1. The van der Waals surface area contributed by atoms with Crippen molar-refractivity contribution in [2.75, 3.05) is 18.5 Å². The molecule has 1 fully saturated rings. The number of nitrogen functional groups attached to an aromatic ring is 1. The predicted octanol–water partition coefficient (Wildman–Crippen LogP) is 2.62. The van der Waals surface area contributed by atoms with E-state index in [4.69, 9.17) is 5.84 Å². The number of amides is 1. The van der Waals surface area contributed by atoms with Gasteiger partial charge in [-0.2, -0.15) is 13.2 Å². The Morgan fingerprint density at radius 2 is 1.85 bits per heavy atom. The minimum Gasteiger partial charge on any atom is -0.339 e. The molecule has 1 aromatic carbocycles. The largest absolute Gasteiger partial charge is 0.418 e. The van der Waals surface area contributed by atoms with Crippen LogP contribution < -0.4 is 11.3 Å². The molecule has 0 unspecified atom stereocenters. The Bertz CT molecular complexity index is 496. The van der Waals surface area contributed by atoms with Crippen molar-refractivity contribution < 1.29 is 18.0 Å². The number of alkyl halides is 3. The number of nitrogens with zero attached hydrogens (tertiary/aromatic N) is 1. The van der Waals surface area contributed by atoms with Crippen LogP contribution in [0, 0.1) is 0 Å². The van der Waals surface area contributed by atoms with Crippen LogP contribution in [0.25, 0.3) is 0 Å². The predicted molar refractivity (Wildman–Crippen MR) is 69.0 cm³/mol. The molecule has 1 amide bonds. The standard InChI is InChI=1S/C13H16F3N3O/c14-13(15,16)10-6-4-5-9(11(10)18-17)12(20)19-7-2-1-3-8-19/h4-6,18H,1-3,7-8,17H2. The first-order valence-electron chi connectivity index (χ1n) is 6.41. The molecule has 1 heterocycles. The summed E-state index contributed by atoms with van der Waals surface area (Å²) in [5.41, 5.74) is 0.692. The summed E-state index contributed by atoms with van der Waals surface area (Å²) in [6.45, 7) is 1.14. The number of rotatable bonds is 2. The van der Waals surface area contributed by atoms with Crippen LogP contribution in [0.3, 0.4) is 0 Å². The molecule has 0 spiro atoms. The highest BCUT2D eigenvalue weighted by atomic mass is 19.4. The molecule has 20 heavy (non-hydrogen) atoms. The van der Waals surface area contributed by atoms with E-state index in [0.29, 0.717) is 13.1 Å². The van der Waals surface area contributed by atoms with Crippen LogP contribution in [0.2, 0.25) is 0 Å². The van der Waals surface area contributed by atoms with Gasteiger partial charge < -0.3 is 10.3 Å². The third-order valence-electron chi connectivity index (χ3n) is 3.39. The molecule has 1 aliphatic rings. The number of nitrogens with one attached hydrogen (secondary N) is 1. The summed E-state index contributed by atoms with van der Waals surface area (Å²) in [7, 11) is 0. The van der Waals surface area contributed by atoms with Crippen LogP contribution in [0.1, 0.15) is 35.2 Å². The molecule has 1 aromatic rings. The van der Waals surface area contributed by atoms with E-state index in [-0.39, 0.29) is 11.3 Å². The molecule has 1 saturated heterocycles.